The summed E-state index contributed by atoms with van der Waals surface area (Å²) in [5.74, 6) is 2.95. The Morgan fingerprint density at radius 1 is 0.500 bits per heavy atom. The first-order chi connectivity index (χ1) is 24.3. The van der Waals surface area contributed by atoms with Crippen LogP contribution in [-0.4, -0.2) is 0 Å². The van der Waals surface area contributed by atoms with Crippen molar-refractivity contribution >= 4 is 11.4 Å². The van der Waals surface area contributed by atoms with Gasteiger partial charge in [-0.1, -0.05) is 146 Å². The van der Waals surface area contributed by atoms with Crippen molar-refractivity contribution in [1.29, 1.82) is 0 Å². The normalized spacial score (nSPS) is 16.2. The van der Waals surface area contributed by atoms with Crippen molar-refractivity contribution in [2.45, 2.75) is 142 Å². The van der Waals surface area contributed by atoms with Crippen molar-refractivity contribution in [3.05, 3.63) is 129 Å². The van der Waals surface area contributed by atoms with Crippen molar-refractivity contribution in [1.82, 2.24) is 0 Å². The topological polar surface area (TPSA) is 52.0 Å². The Balaban J connectivity index is 1.47. The van der Waals surface area contributed by atoms with Crippen molar-refractivity contribution in [3.63, 3.8) is 0 Å². The highest BCUT2D eigenvalue weighted by molar-refractivity contribution is 5.50. The molecule has 3 unspecified atom stereocenters. The second kappa shape index (κ2) is 18.6. The Labute approximate surface area is 305 Å². The maximum atomic E-state index is 6.15. The van der Waals surface area contributed by atoms with Gasteiger partial charge in [-0.2, -0.15) is 0 Å². The number of hydrogen-bond acceptors (Lipinski definition) is 2. The molecule has 268 valence electrons. The Morgan fingerprint density at radius 3 is 1.34 bits per heavy atom. The van der Waals surface area contributed by atoms with Gasteiger partial charge in [-0.25, -0.2) is 0 Å². The molecule has 4 aromatic rings. The van der Waals surface area contributed by atoms with E-state index in [-0.39, 0.29) is 0 Å². The number of hydrogen-bond donors (Lipinski definition) is 2. The van der Waals surface area contributed by atoms with Gasteiger partial charge >= 0.3 is 0 Å². The highest BCUT2D eigenvalue weighted by atomic mass is 14.5. The summed E-state index contributed by atoms with van der Waals surface area (Å²) in [7, 11) is 0. The van der Waals surface area contributed by atoms with Crippen LogP contribution >= 0.6 is 0 Å². The smallest absolute Gasteiger partial charge is 0.0316 e. The van der Waals surface area contributed by atoms with Crippen LogP contribution in [0.2, 0.25) is 0 Å². The predicted octanol–water partition coefficient (Wildman–Crippen LogP) is 13.6. The van der Waals surface area contributed by atoms with Crippen LogP contribution in [-0.2, 0) is 0 Å². The molecule has 0 heterocycles. The zero-order chi connectivity index (χ0) is 35.5. The number of nitrogen functional groups attached to an aromatic ring is 2. The molecular formula is C48H66N2. The highest BCUT2D eigenvalue weighted by Gasteiger charge is 2.26. The lowest BCUT2D eigenvalue weighted by Gasteiger charge is -2.32. The lowest BCUT2D eigenvalue weighted by atomic mass is 9.74. The quantitative estimate of drug-likeness (QED) is 0.110. The van der Waals surface area contributed by atoms with Crippen LogP contribution < -0.4 is 11.5 Å². The molecule has 1 fully saturated rings. The van der Waals surface area contributed by atoms with Crippen molar-refractivity contribution in [3.8, 4) is 0 Å². The predicted molar refractivity (Wildman–Crippen MR) is 218 cm³/mol. The minimum absolute atomic E-state index is 0.393. The summed E-state index contributed by atoms with van der Waals surface area (Å²) in [6, 6.07) is 32.5. The molecule has 0 spiro atoms. The fraction of sp³-hybridized carbons (Fsp3) is 0.500. The molecule has 0 amide bonds. The van der Waals surface area contributed by atoms with E-state index in [1.54, 1.807) is 0 Å². The molecule has 1 saturated carbocycles. The Morgan fingerprint density at radius 2 is 0.940 bits per heavy atom. The Hall–Kier alpha value is -3.52. The third-order valence-corrected chi connectivity index (χ3v) is 12.0. The van der Waals surface area contributed by atoms with E-state index in [9.17, 15) is 0 Å². The van der Waals surface area contributed by atoms with Gasteiger partial charge in [-0.05, 0) is 120 Å². The number of nitrogens with two attached hydrogens (primary N) is 2. The fourth-order valence-electron chi connectivity index (χ4n) is 9.28. The van der Waals surface area contributed by atoms with Gasteiger partial charge in [0.05, 0.1) is 0 Å². The van der Waals surface area contributed by atoms with E-state index in [1.165, 1.54) is 109 Å². The van der Waals surface area contributed by atoms with E-state index < -0.39 is 0 Å². The van der Waals surface area contributed by atoms with Gasteiger partial charge < -0.3 is 11.5 Å². The maximum absolute atomic E-state index is 6.15. The zero-order valence-electron chi connectivity index (χ0n) is 32.0. The molecule has 0 aliphatic heterocycles. The van der Waals surface area contributed by atoms with Crippen molar-refractivity contribution < 1.29 is 0 Å². The number of unbranched alkanes of at least 4 members (excludes halogenated alkanes) is 1. The SMILES string of the molecule is CCCCC(CCC(c1ccc(C(CCC)c2ccc(N)cc2C)cc1)c1ccc(C(CCC)c2ccc(N)cc2C)cc1)C1CCCCC1. The molecule has 3 atom stereocenters. The van der Waals surface area contributed by atoms with E-state index in [1.807, 2.05) is 0 Å². The second-order valence-corrected chi connectivity index (χ2v) is 15.7. The number of aryl methyl sites for hydroxylation is 2. The first-order valence-electron chi connectivity index (χ1n) is 20.2. The zero-order valence-corrected chi connectivity index (χ0v) is 32.0. The average molecular weight is 671 g/mol. The molecular weight excluding hydrogens is 605 g/mol. The molecule has 50 heavy (non-hydrogen) atoms. The molecule has 0 bridgehead atoms. The van der Waals surface area contributed by atoms with Crippen LogP contribution in [0.5, 0.6) is 0 Å². The van der Waals surface area contributed by atoms with E-state index in [0.717, 1.165) is 48.9 Å². The first-order valence-corrected chi connectivity index (χ1v) is 20.2. The largest absolute Gasteiger partial charge is 0.399 e. The third kappa shape index (κ3) is 9.62. The molecule has 5 rings (SSSR count). The van der Waals surface area contributed by atoms with Crippen LogP contribution in [0.4, 0.5) is 11.4 Å². The van der Waals surface area contributed by atoms with Gasteiger partial charge in [0, 0.05) is 29.1 Å². The van der Waals surface area contributed by atoms with Gasteiger partial charge in [-0.3, -0.25) is 0 Å². The van der Waals surface area contributed by atoms with E-state index >= 15 is 0 Å². The highest BCUT2D eigenvalue weighted by Crippen LogP contribution is 2.41. The summed E-state index contributed by atoms with van der Waals surface area (Å²) in [6.07, 6.45) is 18.4. The number of benzene rings is 4. The molecule has 1 aliphatic carbocycles. The fourth-order valence-corrected chi connectivity index (χ4v) is 9.28. The molecule has 0 saturated heterocycles. The van der Waals surface area contributed by atoms with E-state index in [4.69, 9.17) is 11.5 Å². The van der Waals surface area contributed by atoms with Gasteiger partial charge in [-0.15, -0.1) is 0 Å². The molecule has 1 aliphatic rings. The van der Waals surface area contributed by atoms with Gasteiger partial charge in [0.2, 0.25) is 0 Å². The minimum Gasteiger partial charge on any atom is -0.399 e. The van der Waals surface area contributed by atoms with Gasteiger partial charge in [0.1, 0.15) is 0 Å². The third-order valence-electron chi connectivity index (χ3n) is 12.0. The molecule has 0 radical (unpaired) electrons. The van der Waals surface area contributed by atoms with Gasteiger partial charge in [0.25, 0.3) is 0 Å². The molecule has 0 aromatic heterocycles. The van der Waals surface area contributed by atoms with Crippen LogP contribution in [0.25, 0.3) is 0 Å². The summed E-state index contributed by atoms with van der Waals surface area (Å²) in [4.78, 5) is 0. The number of rotatable bonds is 17. The monoisotopic (exact) mass is 671 g/mol. The Kier molecular flexibility index (Phi) is 14.1. The summed E-state index contributed by atoms with van der Waals surface area (Å²) < 4.78 is 0. The molecule has 2 nitrogen and oxygen atoms in total. The lowest BCUT2D eigenvalue weighted by molar-refractivity contribution is 0.215. The van der Waals surface area contributed by atoms with Crippen molar-refractivity contribution in [2.24, 2.45) is 11.8 Å². The summed E-state index contributed by atoms with van der Waals surface area (Å²) in [5.41, 5.74) is 25.2. The summed E-state index contributed by atoms with van der Waals surface area (Å²) in [6.45, 7) is 11.4. The van der Waals surface area contributed by atoms with Crippen molar-refractivity contribution in [2.75, 3.05) is 11.5 Å². The average Bonchev–Trinajstić information content (AvgIpc) is 3.12. The van der Waals surface area contributed by atoms with Crippen LogP contribution in [0.3, 0.4) is 0 Å². The standard InChI is InChI=1S/C48H66N2/c1-6-9-15-37(36-16-11-10-12-17-36)26-29-46(38-18-22-40(23-19-38)47(13-7-2)44-30-27-42(49)32-34(44)4)39-20-24-41(25-21-39)48(14-8-3)45-31-28-43(50)33-35(45)5/h18-25,27-28,30-33,36-37,46-48H,6-17,26,29,49-50H2,1-5H3. The van der Waals surface area contributed by atoms with E-state index in [2.05, 4.69) is 120 Å². The van der Waals surface area contributed by atoms with Crippen LogP contribution in [0.15, 0.2) is 84.9 Å². The lowest BCUT2D eigenvalue weighted by Crippen LogP contribution is -2.19. The second-order valence-electron chi connectivity index (χ2n) is 15.7. The van der Waals surface area contributed by atoms with Gasteiger partial charge in [0.15, 0.2) is 0 Å². The summed E-state index contributed by atoms with van der Waals surface area (Å²) >= 11 is 0. The molecule has 4 N–H and O–H groups in total. The maximum Gasteiger partial charge on any atom is 0.0316 e. The van der Waals surface area contributed by atoms with Crippen LogP contribution in [0, 0.1) is 25.7 Å². The molecule has 4 aromatic carbocycles. The minimum atomic E-state index is 0.393. The Bertz CT molecular complexity index is 1490. The van der Waals surface area contributed by atoms with E-state index in [0.29, 0.717) is 17.8 Å². The number of anilines is 2. The summed E-state index contributed by atoms with van der Waals surface area (Å²) in [5, 5.41) is 0. The molecule has 2 heteroatoms. The first kappa shape index (κ1) is 37.7. The van der Waals surface area contributed by atoms with Crippen LogP contribution in [0.1, 0.15) is 173 Å².